The molecule has 0 spiro atoms. The number of nitrogens with two attached hydrogens (primary N) is 1. The van der Waals surface area contributed by atoms with E-state index in [4.69, 9.17) is 15.3 Å². The molecular weight excluding hydrogens is 396 g/mol. The Bertz CT molecular complexity index is 1230. The maximum atomic E-state index is 12.1. The second kappa shape index (κ2) is 8.33. The van der Waals surface area contributed by atoms with Crippen LogP contribution >= 0.6 is 0 Å². The third-order valence-electron chi connectivity index (χ3n) is 4.65. The van der Waals surface area contributed by atoms with E-state index in [9.17, 15) is 4.79 Å². The van der Waals surface area contributed by atoms with Crippen LogP contribution in [0.15, 0.2) is 59.1 Å². The van der Waals surface area contributed by atoms with Crippen LogP contribution in [-0.2, 0) is 6.61 Å². The first kappa shape index (κ1) is 20.2. The predicted octanol–water partition coefficient (Wildman–Crippen LogP) is 3.37. The van der Waals surface area contributed by atoms with Crippen molar-refractivity contribution >= 4 is 11.7 Å². The third-order valence-corrected chi connectivity index (χ3v) is 4.65. The van der Waals surface area contributed by atoms with Gasteiger partial charge in [0.05, 0.1) is 18.5 Å². The standard InChI is InChI=1S/C22H20N6O3.3H2/c1-28(2)22(30)16-9-7-14(8-10-16)17-11-24-19(23)18(25-17)21-27-26-20(31-21)15-5-3-13(12-29)4-6-15;;;/h3-11,29H,12H2,1-2H3,(H2,23,24);3*1H. The van der Waals surface area contributed by atoms with Crippen LogP contribution < -0.4 is 5.73 Å². The fourth-order valence-electron chi connectivity index (χ4n) is 2.92. The van der Waals surface area contributed by atoms with Gasteiger partial charge < -0.3 is 20.2 Å². The van der Waals surface area contributed by atoms with Gasteiger partial charge in [0.1, 0.15) is 0 Å². The van der Waals surface area contributed by atoms with Gasteiger partial charge in [-0.2, -0.15) is 0 Å². The molecule has 0 bridgehead atoms. The van der Waals surface area contributed by atoms with Gasteiger partial charge in [0, 0.05) is 35.1 Å². The quantitative estimate of drug-likeness (QED) is 0.500. The minimum Gasteiger partial charge on any atom is -0.414 e. The summed E-state index contributed by atoms with van der Waals surface area (Å²) in [6, 6.07) is 14.2. The van der Waals surface area contributed by atoms with Gasteiger partial charge in [-0.05, 0) is 29.8 Å². The van der Waals surface area contributed by atoms with E-state index in [-0.39, 0.29) is 34.2 Å². The van der Waals surface area contributed by atoms with Gasteiger partial charge >= 0.3 is 0 Å². The number of amides is 1. The molecule has 0 aliphatic heterocycles. The molecule has 0 saturated carbocycles. The number of rotatable bonds is 5. The topological polar surface area (TPSA) is 131 Å². The number of hydrogen-bond donors (Lipinski definition) is 2. The Balaban J connectivity index is 0.00000193. The van der Waals surface area contributed by atoms with Crippen molar-refractivity contribution in [2.24, 2.45) is 0 Å². The molecule has 3 N–H and O–H groups in total. The maximum absolute atomic E-state index is 12.1. The van der Waals surface area contributed by atoms with Crippen LogP contribution in [0.25, 0.3) is 34.3 Å². The van der Waals surface area contributed by atoms with Gasteiger partial charge in [-0.1, -0.05) is 24.3 Å². The van der Waals surface area contributed by atoms with Crippen LogP contribution in [0.4, 0.5) is 5.82 Å². The molecule has 2 aromatic carbocycles. The average Bonchev–Trinajstić information content (AvgIpc) is 3.29. The molecule has 4 rings (SSSR count). The Morgan fingerprint density at radius 2 is 1.68 bits per heavy atom. The fraction of sp³-hybridized carbons (Fsp3) is 0.136. The first-order valence-electron chi connectivity index (χ1n) is 9.45. The SMILES string of the molecule is CN(C)C(=O)c1ccc(-c2cnc(N)c(-c3nnc(-c4ccc(CO)cc4)o3)n2)cc1.[HH].[HH].[HH]. The normalized spacial score (nSPS) is 10.8. The summed E-state index contributed by atoms with van der Waals surface area (Å²) in [6.45, 7) is -0.0431. The Kier molecular flexibility index (Phi) is 5.42. The Morgan fingerprint density at radius 3 is 2.32 bits per heavy atom. The molecule has 2 aromatic heterocycles. The second-order valence-electron chi connectivity index (χ2n) is 7.03. The number of aliphatic hydroxyl groups is 1. The summed E-state index contributed by atoms with van der Waals surface area (Å²) < 4.78 is 5.76. The number of carbonyl (C=O) groups is 1. The molecule has 0 saturated heterocycles. The Morgan fingerprint density at radius 1 is 1.03 bits per heavy atom. The number of nitrogens with zero attached hydrogens (tertiary/aromatic N) is 5. The maximum Gasteiger partial charge on any atom is 0.270 e. The number of carbonyl (C=O) groups excluding carboxylic acids is 1. The van der Waals surface area contributed by atoms with Gasteiger partial charge in [0.15, 0.2) is 11.5 Å². The summed E-state index contributed by atoms with van der Waals surface area (Å²) in [5.41, 5.74) is 9.67. The smallest absolute Gasteiger partial charge is 0.270 e. The highest BCUT2D eigenvalue weighted by atomic mass is 16.4. The van der Waals surface area contributed by atoms with E-state index in [1.807, 2.05) is 0 Å². The van der Waals surface area contributed by atoms with Gasteiger partial charge in [0.2, 0.25) is 5.89 Å². The zero-order valence-electron chi connectivity index (χ0n) is 17.0. The van der Waals surface area contributed by atoms with E-state index in [2.05, 4.69) is 20.2 Å². The number of anilines is 1. The molecule has 1 amide bonds. The van der Waals surface area contributed by atoms with Gasteiger partial charge in [0.25, 0.3) is 11.8 Å². The van der Waals surface area contributed by atoms with Gasteiger partial charge in [-0.15, -0.1) is 10.2 Å². The van der Waals surface area contributed by atoms with E-state index >= 15 is 0 Å². The summed E-state index contributed by atoms with van der Waals surface area (Å²) in [5, 5.41) is 17.3. The van der Waals surface area contributed by atoms with E-state index in [0.29, 0.717) is 22.7 Å². The highest BCUT2D eigenvalue weighted by Crippen LogP contribution is 2.28. The van der Waals surface area contributed by atoms with E-state index in [1.165, 1.54) is 4.90 Å². The molecule has 31 heavy (non-hydrogen) atoms. The first-order chi connectivity index (χ1) is 15.0. The molecule has 0 atom stereocenters. The van der Waals surface area contributed by atoms with E-state index in [1.54, 1.807) is 68.8 Å². The number of hydrogen-bond acceptors (Lipinski definition) is 8. The van der Waals surface area contributed by atoms with Crippen LogP contribution in [0, 0.1) is 0 Å². The third kappa shape index (κ3) is 4.12. The second-order valence-corrected chi connectivity index (χ2v) is 7.03. The highest BCUT2D eigenvalue weighted by molar-refractivity contribution is 5.94. The van der Waals surface area contributed by atoms with Crippen molar-refractivity contribution in [3.8, 4) is 34.3 Å². The molecule has 9 nitrogen and oxygen atoms in total. The monoisotopic (exact) mass is 422 g/mol. The van der Waals surface area contributed by atoms with E-state index < -0.39 is 0 Å². The van der Waals surface area contributed by atoms with Gasteiger partial charge in [-0.25, -0.2) is 9.97 Å². The molecular formula is C22H26N6O3. The van der Waals surface area contributed by atoms with Crippen molar-refractivity contribution in [3.63, 3.8) is 0 Å². The minimum atomic E-state index is -0.0824. The van der Waals surface area contributed by atoms with Crippen molar-refractivity contribution in [1.82, 2.24) is 25.1 Å². The highest BCUT2D eigenvalue weighted by Gasteiger charge is 2.17. The lowest BCUT2D eigenvalue weighted by molar-refractivity contribution is 0.0827. The van der Waals surface area contributed by atoms with Crippen molar-refractivity contribution in [2.75, 3.05) is 19.8 Å². The average molecular weight is 422 g/mol. The Hall–Kier alpha value is -4.11. The number of nitrogen functional groups attached to an aromatic ring is 1. The van der Waals surface area contributed by atoms with Gasteiger partial charge in [-0.3, -0.25) is 4.79 Å². The van der Waals surface area contributed by atoms with Crippen LogP contribution in [0.5, 0.6) is 0 Å². The van der Waals surface area contributed by atoms with Crippen molar-refractivity contribution in [2.45, 2.75) is 6.61 Å². The summed E-state index contributed by atoms with van der Waals surface area (Å²) in [7, 11) is 3.40. The summed E-state index contributed by atoms with van der Waals surface area (Å²) >= 11 is 0. The minimum absolute atomic E-state index is 0. The Labute approximate surface area is 182 Å². The molecule has 0 aliphatic carbocycles. The number of aliphatic hydroxyl groups excluding tert-OH is 1. The molecule has 9 heteroatoms. The zero-order valence-corrected chi connectivity index (χ0v) is 17.0. The summed E-state index contributed by atoms with van der Waals surface area (Å²) in [4.78, 5) is 22.3. The van der Waals surface area contributed by atoms with Crippen molar-refractivity contribution in [1.29, 1.82) is 0 Å². The molecule has 162 valence electrons. The first-order valence-corrected chi connectivity index (χ1v) is 9.45. The molecule has 4 aromatic rings. The zero-order chi connectivity index (χ0) is 22.0. The van der Waals surface area contributed by atoms with Crippen LogP contribution in [0.1, 0.15) is 20.2 Å². The fourth-order valence-corrected chi connectivity index (χ4v) is 2.92. The summed E-state index contributed by atoms with van der Waals surface area (Å²) in [6.07, 6.45) is 1.55. The lowest BCUT2D eigenvalue weighted by Crippen LogP contribution is -2.21. The van der Waals surface area contributed by atoms with Crippen LogP contribution in [-0.4, -0.2) is 50.2 Å². The van der Waals surface area contributed by atoms with Crippen molar-refractivity contribution in [3.05, 3.63) is 65.9 Å². The summed E-state index contributed by atoms with van der Waals surface area (Å²) in [5.74, 6) is 0.528. The van der Waals surface area contributed by atoms with E-state index in [0.717, 1.165) is 11.1 Å². The predicted molar refractivity (Wildman–Crippen MR) is 121 cm³/mol. The molecule has 0 unspecified atom stereocenters. The number of aromatic nitrogens is 4. The van der Waals surface area contributed by atoms with Crippen LogP contribution in [0.3, 0.4) is 0 Å². The lowest BCUT2D eigenvalue weighted by atomic mass is 10.1. The molecule has 0 radical (unpaired) electrons. The van der Waals surface area contributed by atoms with Crippen molar-refractivity contribution < 1.29 is 18.6 Å². The molecule has 2 heterocycles. The lowest BCUT2D eigenvalue weighted by Gasteiger charge is -2.10. The largest absolute Gasteiger partial charge is 0.414 e. The number of benzene rings is 2. The molecule has 0 fully saturated rings. The molecule has 0 aliphatic rings. The van der Waals surface area contributed by atoms with Crippen LogP contribution in [0.2, 0.25) is 0 Å².